The van der Waals surface area contributed by atoms with Gasteiger partial charge in [-0.2, -0.15) is 0 Å². The van der Waals surface area contributed by atoms with Gasteiger partial charge >= 0.3 is 0 Å². The normalized spacial score (nSPS) is 16.2. The van der Waals surface area contributed by atoms with Gasteiger partial charge < -0.3 is 14.8 Å². The summed E-state index contributed by atoms with van der Waals surface area (Å²) in [5.41, 5.74) is 6.45. The fourth-order valence-electron chi connectivity index (χ4n) is 5.58. The average molecular weight is 696 g/mol. The molecule has 2 atom stereocenters. The number of benzene rings is 2. The highest BCUT2D eigenvalue weighted by Gasteiger charge is 2.24. The number of nitrogens with zero attached hydrogens (tertiary/aromatic N) is 4. The van der Waals surface area contributed by atoms with Crippen LogP contribution in [0, 0.1) is 11.6 Å². The molecule has 10 heteroatoms. The first-order valence-electron chi connectivity index (χ1n) is 13.9. The van der Waals surface area contributed by atoms with E-state index in [9.17, 15) is 18.0 Å². The number of rotatable bonds is 6. The average Bonchev–Trinajstić information content (AvgIpc) is 3.81. The second-order valence-electron chi connectivity index (χ2n) is 11.0. The van der Waals surface area contributed by atoms with Crippen LogP contribution in [0.3, 0.4) is 0 Å². The summed E-state index contributed by atoms with van der Waals surface area (Å²) in [6.07, 6.45) is 9.80. The van der Waals surface area contributed by atoms with E-state index in [4.69, 9.17) is 0 Å². The topological polar surface area (TPSA) is 63.1 Å². The Balaban J connectivity index is 1.40. The van der Waals surface area contributed by atoms with Gasteiger partial charge in [-0.15, -0.1) is 0 Å². The molecule has 1 fully saturated rings. The number of fused-ring (bicyclic) bond motifs is 1. The molecular formula is C33H29F3IN5O. The minimum absolute atomic E-state index is 0.146. The minimum Gasteiger partial charge on any atom is -0.378 e. The first-order valence-corrected chi connectivity index (χ1v) is 15.1. The maximum absolute atomic E-state index is 14.8. The SMILES string of the molecule is CC1=CN(C)C(=C2CC2)C=C1c1ncc(-c2cc3c([C@@H](C)Nc4ccc(F)cc4C(F)I)cc(F)cc3c(=O)n2C)cn1. The van der Waals surface area contributed by atoms with Crippen molar-refractivity contribution in [2.75, 3.05) is 12.4 Å². The lowest BCUT2D eigenvalue weighted by Gasteiger charge is -2.24. The van der Waals surface area contributed by atoms with E-state index in [1.807, 2.05) is 20.0 Å². The lowest BCUT2D eigenvalue weighted by atomic mass is 9.98. The van der Waals surface area contributed by atoms with Crippen LogP contribution in [0.2, 0.25) is 0 Å². The summed E-state index contributed by atoms with van der Waals surface area (Å²) < 4.78 is 42.9. The van der Waals surface area contributed by atoms with E-state index in [1.54, 1.807) is 49.0 Å². The molecule has 43 heavy (non-hydrogen) atoms. The fraction of sp³-hybridized carbons (Fsp3) is 0.242. The van der Waals surface area contributed by atoms with Crippen LogP contribution in [0.25, 0.3) is 27.6 Å². The first-order chi connectivity index (χ1) is 20.5. The molecule has 0 amide bonds. The molecule has 1 N–H and O–H groups in total. The summed E-state index contributed by atoms with van der Waals surface area (Å²) in [5, 5.41) is 3.93. The van der Waals surface area contributed by atoms with Crippen molar-refractivity contribution >= 4 is 44.6 Å². The lowest BCUT2D eigenvalue weighted by Crippen LogP contribution is -2.20. The molecule has 4 aromatic rings. The highest BCUT2D eigenvalue weighted by atomic mass is 127. The summed E-state index contributed by atoms with van der Waals surface area (Å²) in [5.74, 6) is -0.531. The van der Waals surface area contributed by atoms with E-state index in [0.29, 0.717) is 33.7 Å². The molecule has 0 radical (unpaired) electrons. The van der Waals surface area contributed by atoms with Crippen LogP contribution >= 0.6 is 22.6 Å². The second kappa shape index (κ2) is 11.3. The van der Waals surface area contributed by atoms with Crippen LogP contribution in [0.1, 0.15) is 53.9 Å². The molecule has 1 aliphatic heterocycles. The van der Waals surface area contributed by atoms with Crippen molar-refractivity contribution in [3.05, 3.63) is 117 Å². The van der Waals surface area contributed by atoms with Crippen LogP contribution < -0.4 is 10.9 Å². The number of hydrogen-bond donors (Lipinski definition) is 1. The Labute approximate surface area is 260 Å². The van der Waals surface area contributed by atoms with Crippen molar-refractivity contribution in [2.45, 2.75) is 36.9 Å². The third-order valence-electron chi connectivity index (χ3n) is 7.97. The van der Waals surface area contributed by atoms with Gasteiger partial charge in [-0.05, 0) is 114 Å². The molecule has 2 aromatic carbocycles. The molecule has 0 bridgehead atoms. The maximum atomic E-state index is 14.8. The predicted octanol–water partition coefficient (Wildman–Crippen LogP) is 8.13. The summed E-state index contributed by atoms with van der Waals surface area (Å²) in [6, 6.07) is 7.68. The molecule has 6 nitrogen and oxygen atoms in total. The van der Waals surface area contributed by atoms with Crippen LogP contribution in [0.5, 0.6) is 0 Å². The Morgan fingerprint density at radius 2 is 1.67 bits per heavy atom. The molecule has 2 aromatic heterocycles. The minimum atomic E-state index is -1.45. The third-order valence-corrected chi connectivity index (χ3v) is 8.64. The van der Waals surface area contributed by atoms with E-state index in [-0.39, 0.29) is 16.5 Å². The van der Waals surface area contributed by atoms with Gasteiger partial charge in [0.2, 0.25) is 0 Å². The van der Waals surface area contributed by atoms with Crippen LogP contribution in [-0.4, -0.2) is 26.5 Å². The molecule has 0 spiro atoms. The van der Waals surface area contributed by atoms with E-state index < -0.39 is 21.9 Å². The number of likely N-dealkylation sites (N-methyl/N-ethyl adjacent to an activating group) is 1. The van der Waals surface area contributed by atoms with Gasteiger partial charge in [0.25, 0.3) is 5.56 Å². The van der Waals surface area contributed by atoms with Gasteiger partial charge in [-0.25, -0.2) is 23.1 Å². The number of pyridine rings is 1. The summed E-state index contributed by atoms with van der Waals surface area (Å²) in [4.78, 5) is 25.0. The Bertz CT molecular complexity index is 1920. The van der Waals surface area contributed by atoms with E-state index in [1.165, 1.54) is 40.1 Å². The number of anilines is 1. The third kappa shape index (κ3) is 5.60. The van der Waals surface area contributed by atoms with Gasteiger partial charge in [0, 0.05) is 66.8 Å². The Kier molecular flexibility index (Phi) is 7.66. The summed E-state index contributed by atoms with van der Waals surface area (Å²) in [6.45, 7) is 3.81. The maximum Gasteiger partial charge on any atom is 0.258 e. The van der Waals surface area contributed by atoms with Crippen molar-refractivity contribution in [1.29, 1.82) is 0 Å². The van der Waals surface area contributed by atoms with Crippen molar-refractivity contribution < 1.29 is 13.2 Å². The Hall–Kier alpha value is -3.93. The number of hydrogen-bond acceptors (Lipinski definition) is 5. The van der Waals surface area contributed by atoms with E-state index in [0.717, 1.165) is 30.1 Å². The van der Waals surface area contributed by atoms with Gasteiger partial charge in [0.05, 0.1) is 11.1 Å². The van der Waals surface area contributed by atoms with Crippen LogP contribution in [0.4, 0.5) is 18.9 Å². The number of nitrogens with one attached hydrogen (secondary N) is 1. The monoisotopic (exact) mass is 695 g/mol. The summed E-state index contributed by atoms with van der Waals surface area (Å²) in [7, 11) is 3.67. The van der Waals surface area contributed by atoms with Gasteiger partial charge in [-0.1, -0.05) is 0 Å². The number of alkyl halides is 2. The van der Waals surface area contributed by atoms with Gasteiger partial charge in [-0.3, -0.25) is 4.79 Å². The highest BCUT2D eigenvalue weighted by Crippen LogP contribution is 2.39. The lowest BCUT2D eigenvalue weighted by molar-refractivity contribution is 0.488. The molecule has 1 unspecified atom stereocenters. The second-order valence-corrected chi connectivity index (χ2v) is 12.1. The zero-order valence-corrected chi connectivity index (χ0v) is 26.2. The number of aromatic nitrogens is 3. The van der Waals surface area contributed by atoms with Gasteiger partial charge in [0.1, 0.15) is 11.6 Å². The molecule has 6 rings (SSSR count). The largest absolute Gasteiger partial charge is 0.378 e. The van der Waals surface area contributed by atoms with Crippen molar-refractivity contribution in [2.24, 2.45) is 7.05 Å². The zero-order valence-electron chi connectivity index (χ0n) is 24.1. The molecule has 0 saturated heterocycles. The Morgan fingerprint density at radius 3 is 2.35 bits per heavy atom. The standard InChI is InChI=1S/C33H29F3IN5O/c1-17-16-41(3)29(19-5-6-19)12-23(17)32-38-14-20(15-39-32)30-13-25-24(10-22(35)11-26(25)33(43)42(30)4)18(2)40-28-8-7-21(34)9-27(28)31(36)37/h7-16,18,31,40H,5-6H2,1-4H3/t18-,31?/m1/s1. The number of allylic oxidation sites excluding steroid dienone is 4. The van der Waals surface area contributed by atoms with Crippen molar-refractivity contribution in [3.63, 3.8) is 0 Å². The van der Waals surface area contributed by atoms with Crippen LogP contribution in [0.15, 0.2) is 82.7 Å². The van der Waals surface area contributed by atoms with Crippen LogP contribution in [-0.2, 0) is 7.05 Å². The quantitative estimate of drug-likeness (QED) is 0.163. The Morgan fingerprint density at radius 1 is 0.977 bits per heavy atom. The molecular weight excluding hydrogens is 666 g/mol. The first kappa shape index (κ1) is 29.2. The number of halogens is 4. The fourth-order valence-corrected chi connectivity index (χ4v) is 6.10. The zero-order chi connectivity index (χ0) is 30.6. The van der Waals surface area contributed by atoms with E-state index >= 15 is 0 Å². The molecule has 2 aliphatic rings. The molecule has 1 saturated carbocycles. The molecule has 3 heterocycles. The predicted molar refractivity (Wildman–Crippen MR) is 172 cm³/mol. The van der Waals surface area contributed by atoms with E-state index in [2.05, 4.69) is 32.5 Å². The smallest absolute Gasteiger partial charge is 0.258 e. The highest BCUT2D eigenvalue weighted by molar-refractivity contribution is 14.1. The molecule has 1 aliphatic carbocycles. The van der Waals surface area contributed by atoms with Gasteiger partial charge in [0.15, 0.2) is 10.0 Å². The summed E-state index contributed by atoms with van der Waals surface area (Å²) >= 11 is 1.57. The molecule has 220 valence electrons. The van der Waals surface area contributed by atoms with Crippen molar-refractivity contribution in [3.8, 4) is 11.3 Å². The van der Waals surface area contributed by atoms with Crippen molar-refractivity contribution in [1.82, 2.24) is 19.4 Å².